The Labute approximate surface area is 210 Å². The molecule has 0 fully saturated rings. The van der Waals surface area contributed by atoms with Crippen molar-refractivity contribution < 1.29 is 22.4 Å². The van der Waals surface area contributed by atoms with Gasteiger partial charge in [-0.05, 0) is 17.5 Å². The molecule has 2 aromatic heterocycles. The highest BCUT2D eigenvalue weighted by atomic mass is 19.4. The number of alkyl halides is 3. The summed E-state index contributed by atoms with van der Waals surface area (Å²) in [7, 11) is 1.51. The first-order valence-electron chi connectivity index (χ1n) is 11.7. The largest absolute Gasteiger partial charge is 0.434 e. The molecular formula is C27H23F4N5O. The van der Waals surface area contributed by atoms with Gasteiger partial charge in [-0.2, -0.15) is 13.2 Å². The molecule has 0 saturated carbocycles. The molecule has 5 rings (SSSR count). The maximum atomic E-state index is 14.5. The highest BCUT2D eigenvalue weighted by Crippen LogP contribution is 2.34. The Morgan fingerprint density at radius 3 is 2.43 bits per heavy atom. The third kappa shape index (κ3) is 4.59. The molecule has 0 saturated heterocycles. The molecule has 0 spiro atoms. The minimum atomic E-state index is -4.53. The van der Waals surface area contributed by atoms with Crippen LogP contribution in [0.2, 0.25) is 0 Å². The lowest BCUT2D eigenvalue weighted by molar-refractivity contribution is -0.140. The van der Waals surface area contributed by atoms with Gasteiger partial charge in [0, 0.05) is 41.7 Å². The van der Waals surface area contributed by atoms with Gasteiger partial charge < -0.3 is 4.57 Å². The van der Waals surface area contributed by atoms with Gasteiger partial charge in [0.05, 0.1) is 13.0 Å². The lowest BCUT2D eigenvalue weighted by atomic mass is 9.96. The molecular weight excluding hydrogens is 486 g/mol. The van der Waals surface area contributed by atoms with Crippen LogP contribution in [0.3, 0.4) is 0 Å². The quantitative estimate of drug-likeness (QED) is 0.314. The van der Waals surface area contributed by atoms with Gasteiger partial charge in [0.2, 0.25) is 5.91 Å². The first-order valence-corrected chi connectivity index (χ1v) is 11.7. The van der Waals surface area contributed by atoms with Crippen LogP contribution in [-0.2, 0) is 31.0 Å². The number of hydrogen-bond acceptors (Lipinski definition) is 4. The van der Waals surface area contributed by atoms with E-state index in [-0.39, 0.29) is 36.4 Å². The summed E-state index contributed by atoms with van der Waals surface area (Å²) in [5.74, 6) is 0.432. The number of carbonyl (C=O) groups is 1. The number of aryl methyl sites for hydroxylation is 1. The zero-order valence-corrected chi connectivity index (χ0v) is 20.3. The van der Waals surface area contributed by atoms with Crippen molar-refractivity contribution in [3.8, 4) is 22.8 Å². The Morgan fingerprint density at radius 2 is 1.78 bits per heavy atom. The maximum absolute atomic E-state index is 14.5. The van der Waals surface area contributed by atoms with E-state index in [2.05, 4.69) is 15.0 Å². The second-order valence-electron chi connectivity index (χ2n) is 9.31. The fourth-order valence-electron chi connectivity index (χ4n) is 4.56. The van der Waals surface area contributed by atoms with Gasteiger partial charge in [-0.1, -0.05) is 50.2 Å². The van der Waals surface area contributed by atoms with Crippen molar-refractivity contribution in [2.24, 2.45) is 7.05 Å². The average Bonchev–Trinajstić information content (AvgIpc) is 3.38. The number of benzene rings is 2. The average molecular weight is 510 g/mol. The van der Waals surface area contributed by atoms with Crippen LogP contribution in [0.25, 0.3) is 22.8 Å². The van der Waals surface area contributed by atoms with E-state index in [9.17, 15) is 22.4 Å². The van der Waals surface area contributed by atoms with E-state index in [4.69, 9.17) is 0 Å². The van der Waals surface area contributed by atoms with E-state index >= 15 is 0 Å². The van der Waals surface area contributed by atoms with Crippen LogP contribution in [0.4, 0.5) is 23.4 Å². The topological polar surface area (TPSA) is 63.9 Å². The van der Waals surface area contributed by atoms with Crippen molar-refractivity contribution in [1.29, 1.82) is 0 Å². The van der Waals surface area contributed by atoms with E-state index in [1.165, 1.54) is 17.7 Å². The van der Waals surface area contributed by atoms with Crippen LogP contribution in [0.15, 0.2) is 54.9 Å². The van der Waals surface area contributed by atoms with Gasteiger partial charge in [0.1, 0.15) is 17.5 Å². The lowest BCUT2D eigenvalue weighted by Crippen LogP contribution is -2.26. The van der Waals surface area contributed by atoms with Crippen LogP contribution in [0.1, 0.15) is 42.1 Å². The summed E-state index contributed by atoms with van der Waals surface area (Å²) in [5.41, 5.74) is 2.10. The number of nitrogens with zero attached hydrogens (tertiary/aromatic N) is 5. The van der Waals surface area contributed by atoms with Gasteiger partial charge >= 0.3 is 6.18 Å². The Morgan fingerprint density at radius 1 is 1.05 bits per heavy atom. The third-order valence-corrected chi connectivity index (χ3v) is 6.33. The molecule has 0 radical (unpaired) electrons. The van der Waals surface area contributed by atoms with Crippen molar-refractivity contribution in [2.45, 2.75) is 38.9 Å². The van der Waals surface area contributed by atoms with E-state index in [1.54, 1.807) is 47.5 Å². The summed E-state index contributed by atoms with van der Waals surface area (Å²) >= 11 is 0. The molecule has 4 aromatic rings. The van der Waals surface area contributed by atoms with Gasteiger partial charge in [0.25, 0.3) is 0 Å². The summed E-state index contributed by atoms with van der Waals surface area (Å²) in [4.78, 5) is 27.1. The molecule has 0 aliphatic carbocycles. The zero-order chi connectivity index (χ0) is 26.5. The van der Waals surface area contributed by atoms with E-state index in [1.807, 2.05) is 13.8 Å². The van der Waals surface area contributed by atoms with Gasteiger partial charge in [-0.3, -0.25) is 9.69 Å². The maximum Gasteiger partial charge on any atom is 0.434 e. The molecule has 1 amide bonds. The van der Waals surface area contributed by atoms with Gasteiger partial charge in [0.15, 0.2) is 11.5 Å². The van der Waals surface area contributed by atoms with E-state index < -0.39 is 11.9 Å². The van der Waals surface area contributed by atoms with Crippen LogP contribution in [0.5, 0.6) is 0 Å². The Kier molecular flexibility index (Phi) is 6.05. The number of rotatable bonds is 5. The smallest absolute Gasteiger partial charge is 0.333 e. The highest BCUT2D eigenvalue weighted by Gasteiger charge is 2.35. The van der Waals surface area contributed by atoms with Crippen molar-refractivity contribution in [2.75, 3.05) is 4.90 Å². The number of halogens is 4. The normalized spacial score (nSPS) is 13.5. The Balaban J connectivity index is 1.43. The minimum Gasteiger partial charge on any atom is -0.333 e. The molecule has 0 unspecified atom stereocenters. The second-order valence-corrected chi connectivity index (χ2v) is 9.31. The summed E-state index contributed by atoms with van der Waals surface area (Å²) in [6, 6.07) is 11.6. The monoisotopic (exact) mass is 509 g/mol. The predicted molar refractivity (Wildman–Crippen MR) is 130 cm³/mol. The first kappa shape index (κ1) is 24.6. The van der Waals surface area contributed by atoms with Crippen molar-refractivity contribution in [3.63, 3.8) is 0 Å². The molecule has 0 N–H and O–H groups in total. The number of fused-ring (bicyclic) bond motifs is 1. The third-order valence-electron chi connectivity index (χ3n) is 6.33. The second kappa shape index (κ2) is 9.10. The summed E-state index contributed by atoms with van der Waals surface area (Å²) in [6.07, 6.45) is -1.82. The first-order chi connectivity index (χ1) is 17.5. The molecule has 0 bridgehead atoms. The molecule has 10 heteroatoms. The van der Waals surface area contributed by atoms with Crippen molar-refractivity contribution >= 4 is 11.7 Å². The fraction of sp³-hybridized carbons (Fsp3) is 0.259. The number of aromatic nitrogens is 4. The molecule has 37 heavy (non-hydrogen) atoms. The van der Waals surface area contributed by atoms with Crippen LogP contribution in [0, 0.1) is 5.82 Å². The SMILES string of the molecule is CC(C)c1c(F)cccc1-c1ncc2c(n1)N(Cc1ccc(-c3nc(C(F)(F)F)cn3C)cc1)C(=O)C2. The summed E-state index contributed by atoms with van der Waals surface area (Å²) in [6.45, 7) is 4.00. The predicted octanol–water partition coefficient (Wildman–Crippen LogP) is 5.91. The zero-order valence-electron chi connectivity index (χ0n) is 20.3. The van der Waals surface area contributed by atoms with Crippen molar-refractivity contribution in [3.05, 3.63) is 83.1 Å². The Hall–Kier alpha value is -4.08. The molecule has 1 aliphatic heterocycles. The fourth-order valence-corrected chi connectivity index (χ4v) is 4.56. The number of imidazole rings is 1. The number of anilines is 1. The van der Waals surface area contributed by atoms with Crippen LogP contribution >= 0.6 is 0 Å². The Bertz CT molecular complexity index is 1490. The van der Waals surface area contributed by atoms with E-state index in [0.717, 1.165) is 11.8 Å². The molecule has 1 aliphatic rings. The van der Waals surface area contributed by atoms with E-state index in [0.29, 0.717) is 33.9 Å². The number of hydrogen-bond donors (Lipinski definition) is 0. The molecule has 190 valence electrons. The molecule has 6 nitrogen and oxygen atoms in total. The molecule has 2 aromatic carbocycles. The minimum absolute atomic E-state index is 0.0877. The standard InChI is InChI=1S/C27H23F4N5O/c1-15(2)23-19(5-4-6-20(23)28)24-32-12-18-11-22(37)36(26(18)34-24)13-16-7-9-17(10-8-16)25-33-21(14-35(25)3)27(29,30)31/h4-10,12,14-15H,11,13H2,1-3H3. The van der Waals surface area contributed by atoms with Gasteiger partial charge in [-0.25, -0.2) is 19.3 Å². The van der Waals surface area contributed by atoms with Crippen molar-refractivity contribution in [1.82, 2.24) is 19.5 Å². The molecule has 3 heterocycles. The summed E-state index contributed by atoms with van der Waals surface area (Å²) in [5, 5.41) is 0. The highest BCUT2D eigenvalue weighted by molar-refractivity contribution is 6.00. The summed E-state index contributed by atoms with van der Waals surface area (Å²) < 4.78 is 54.9. The lowest BCUT2D eigenvalue weighted by Gasteiger charge is -2.18. The van der Waals surface area contributed by atoms with Gasteiger partial charge in [-0.15, -0.1) is 0 Å². The van der Waals surface area contributed by atoms with Crippen LogP contribution < -0.4 is 4.90 Å². The molecule has 0 atom stereocenters. The van der Waals surface area contributed by atoms with Crippen LogP contribution in [-0.4, -0.2) is 25.4 Å². The number of carbonyl (C=O) groups excluding carboxylic acids is 1. The number of amides is 1.